The fourth-order valence-corrected chi connectivity index (χ4v) is 2.29. The van der Waals surface area contributed by atoms with Crippen molar-refractivity contribution in [2.75, 3.05) is 6.54 Å². The molecule has 1 N–H and O–H groups in total. The van der Waals surface area contributed by atoms with E-state index in [9.17, 15) is 4.79 Å². The molecule has 17 heavy (non-hydrogen) atoms. The number of nitrogens with zero attached hydrogens (tertiary/aromatic N) is 1. The topological polar surface area (TPSA) is 34.0 Å². The van der Waals surface area contributed by atoms with Crippen molar-refractivity contribution in [3.63, 3.8) is 0 Å². The zero-order valence-corrected chi connectivity index (χ0v) is 11.3. The molecule has 0 bridgehead atoms. The standard InChI is InChI=1S/C13H15BrN2O/c1-2-7-15-13(17)9-16-8-6-10-11(14)4-3-5-12(10)16/h3-6,8H,2,7,9H2,1H3,(H,15,17). The summed E-state index contributed by atoms with van der Waals surface area (Å²) in [6.45, 7) is 3.16. The first-order chi connectivity index (χ1) is 8.22. The van der Waals surface area contributed by atoms with Crippen LogP contribution < -0.4 is 5.32 Å². The molecule has 2 aromatic rings. The second-order valence-electron chi connectivity index (χ2n) is 3.97. The number of carbonyl (C=O) groups is 1. The van der Waals surface area contributed by atoms with Crippen LogP contribution in [0.2, 0.25) is 0 Å². The zero-order chi connectivity index (χ0) is 12.3. The first-order valence-electron chi connectivity index (χ1n) is 5.72. The first kappa shape index (κ1) is 12.2. The Bertz CT molecular complexity index is 533. The third-order valence-electron chi connectivity index (χ3n) is 2.65. The van der Waals surface area contributed by atoms with Gasteiger partial charge < -0.3 is 9.88 Å². The maximum atomic E-state index is 11.7. The van der Waals surface area contributed by atoms with Crippen LogP contribution in [0.25, 0.3) is 10.9 Å². The van der Waals surface area contributed by atoms with E-state index in [-0.39, 0.29) is 5.91 Å². The van der Waals surface area contributed by atoms with E-state index >= 15 is 0 Å². The predicted octanol–water partition coefficient (Wildman–Crippen LogP) is 2.93. The Hall–Kier alpha value is -1.29. The van der Waals surface area contributed by atoms with E-state index in [2.05, 4.69) is 21.2 Å². The van der Waals surface area contributed by atoms with Crippen LogP contribution in [-0.2, 0) is 11.3 Å². The van der Waals surface area contributed by atoms with Crippen molar-refractivity contribution >= 4 is 32.7 Å². The summed E-state index contributed by atoms with van der Waals surface area (Å²) >= 11 is 3.50. The molecule has 0 aliphatic carbocycles. The van der Waals surface area contributed by atoms with Crippen molar-refractivity contribution in [3.05, 3.63) is 34.9 Å². The molecule has 1 aromatic heterocycles. The number of rotatable bonds is 4. The second-order valence-corrected chi connectivity index (χ2v) is 4.82. The molecule has 2 rings (SSSR count). The van der Waals surface area contributed by atoms with Crippen LogP contribution in [0.4, 0.5) is 0 Å². The lowest BCUT2D eigenvalue weighted by molar-refractivity contribution is -0.121. The third-order valence-corrected chi connectivity index (χ3v) is 3.34. The lowest BCUT2D eigenvalue weighted by atomic mass is 10.2. The Morgan fingerprint density at radius 2 is 2.24 bits per heavy atom. The van der Waals surface area contributed by atoms with Crippen molar-refractivity contribution < 1.29 is 4.79 Å². The Labute approximate surface area is 109 Å². The van der Waals surface area contributed by atoms with Gasteiger partial charge in [0.25, 0.3) is 0 Å². The smallest absolute Gasteiger partial charge is 0.239 e. The molecule has 1 aromatic carbocycles. The van der Waals surface area contributed by atoms with Crippen LogP contribution >= 0.6 is 15.9 Å². The van der Waals surface area contributed by atoms with Gasteiger partial charge in [-0.25, -0.2) is 0 Å². The molecule has 0 saturated carbocycles. The lowest BCUT2D eigenvalue weighted by Gasteiger charge is -2.06. The number of hydrogen-bond acceptors (Lipinski definition) is 1. The summed E-state index contributed by atoms with van der Waals surface area (Å²) in [5, 5.41) is 4.01. The van der Waals surface area contributed by atoms with Crippen molar-refractivity contribution in [1.29, 1.82) is 0 Å². The molecule has 4 heteroatoms. The number of nitrogens with one attached hydrogen (secondary N) is 1. The van der Waals surface area contributed by atoms with E-state index in [1.54, 1.807) is 0 Å². The molecule has 0 spiro atoms. The maximum absolute atomic E-state index is 11.7. The number of fused-ring (bicyclic) bond motifs is 1. The lowest BCUT2D eigenvalue weighted by Crippen LogP contribution is -2.27. The normalized spacial score (nSPS) is 10.7. The van der Waals surface area contributed by atoms with E-state index in [0.29, 0.717) is 6.54 Å². The molecule has 0 atom stereocenters. The summed E-state index contributed by atoms with van der Waals surface area (Å²) < 4.78 is 3.02. The van der Waals surface area contributed by atoms with Crippen LogP contribution in [0.5, 0.6) is 0 Å². The van der Waals surface area contributed by atoms with Gasteiger partial charge in [-0.05, 0) is 24.6 Å². The molecule has 1 amide bonds. The maximum Gasteiger partial charge on any atom is 0.239 e. The third kappa shape index (κ3) is 2.69. The molecule has 0 unspecified atom stereocenters. The summed E-state index contributed by atoms with van der Waals surface area (Å²) in [6.07, 6.45) is 2.91. The van der Waals surface area contributed by atoms with Crippen LogP contribution in [0.3, 0.4) is 0 Å². The highest BCUT2D eigenvalue weighted by Crippen LogP contribution is 2.24. The fourth-order valence-electron chi connectivity index (χ4n) is 1.80. The van der Waals surface area contributed by atoms with E-state index in [1.807, 2.05) is 42.0 Å². The SMILES string of the molecule is CCCNC(=O)Cn1ccc2c(Br)cccc21. The summed E-state index contributed by atoms with van der Waals surface area (Å²) in [7, 11) is 0. The minimum absolute atomic E-state index is 0.0596. The quantitative estimate of drug-likeness (QED) is 0.924. The van der Waals surface area contributed by atoms with E-state index < -0.39 is 0 Å². The van der Waals surface area contributed by atoms with Gasteiger partial charge in [-0.1, -0.05) is 28.9 Å². The molecule has 0 fully saturated rings. The minimum Gasteiger partial charge on any atom is -0.355 e. The highest BCUT2D eigenvalue weighted by atomic mass is 79.9. The summed E-state index contributed by atoms with van der Waals surface area (Å²) in [4.78, 5) is 11.7. The summed E-state index contributed by atoms with van der Waals surface area (Å²) in [5.41, 5.74) is 1.08. The van der Waals surface area contributed by atoms with Crippen molar-refractivity contribution in [3.8, 4) is 0 Å². The number of amides is 1. The molecule has 0 saturated heterocycles. The molecular formula is C13H15BrN2O. The molecular weight excluding hydrogens is 280 g/mol. The van der Waals surface area contributed by atoms with Crippen LogP contribution in [0.15, 0.2) is 34.9 Å². The van der Waals surface area contributed by atoms with E-state index in [1.165, 1.54) is 0 Å². The van der Waals surface area contributed by atoms with Crippen molar-refractivity contribution in [1.82, 2.24) is 9.88 Å². The zero-order valence-electron chi connectivity index (χ0n) is 9.74. The molecule has 0 aliphatic rings. The monoisotopic (exact) mass is 294 g/mol. The van der Waals surface area contributed by atoms with Gasteiger partial charge in [0, 0.05) is 28.1 Å². The number of hydrogen-bond donors (Lipinski definition) is 1. The molecule has 3 nitrogen and oxygen atoms in total. The Morgan fingerprint density at radius 3 is 3.00 bits per heavy atom. The Morgan fingerprint density at radius 1 is 1.41 bits per heavy atom. The van der Waals surface area contributed by atoms with Crippen LogP contribution in [0, 0.1) is 0 Å². The molecule has 0 aliphatic heterocycles. The van der Waals surface area contributed by atoms with Gasteiger partial charge in [-0.3, -0.25) is 4.79 Å². The highest BCUT2D eigenvalue weighted by molar-refractivity contribution is 9.10. The van der Waals surface area contributed by atoms with Gasteiger partial charge in [0.05, 0.1) is 0 Å². The van der Waals surface area contributed by atoms with E-state index in [4.69, 9.17) is 0 Å². The van der Waals surface area contributed by atoms with Crippen molar-refractivity contribution in [2.24, 2.45) is 0 Å². The Balaban J connectivity index is 2.19. The van der Waals surface area contributed by atoms with Gasteiger partial charge in [-0.2, -0.15) is 0 Å². The largest absolute Gasteiger partial charge is 0.355 e. The number of halogens is 1. The van der Waals surface area contributed by atoms with Gasteiger partial charge in [0.15, 0.2) is 0 Å². The molecule has 1 heterocycles. The second kappa shape index (κ2) is 5.36. The summed E-state index contributed by atoms with van der Waals surface area (Å²) in [5.74, 6) is 0.0596. The number of benzene rings is 1. The van der Waals surface area contributed by atoms with Crippen LogP contribution in [0.1, 0.15) is 13.3 Å². The average Bonchev–Trinajstić information content (AvgIpc) is 2.71. The van der Waals surface area contributed by atoms with Gasteiger partial charge in [0.2, 0.25) is 5.91 Å². The first-order valence-corrected chi connectivity index (χ1v) is 6.51. The van der Waals surface area contributed by atoms with Gasteiger partial charge in [-0.15, -0.1) is 0 Å². The van der Waals surface area contributed by atoms with Gasteiger partial charge in [0.1, 0.15) is 6.54 Å². The minimum atomic E-state index is 0.0596. The Kier molecular flexibility index (Phi) is 3.84. The summed E-state index contributed by atoms with van der Waals surface area (Å²) in [6, 6.07) is 8.02. The van der Waals surface area contributed by atoms with Crippen LogP contribution in [-0.4, -0.2) is 17.0 Å². The van der Waals surface area contributed by atoms with Gasteiger partial charge >= 0.3 is 0 Å². The number of carbonyl (C=O) groups excluding carboxylic acids is 1. The van der Waals surface area contributed by atoms with Crippen molar-refractivity contribution in [2.45, 2.75) is 19.9 Å². The average molecular weight is 295 g/mol. The number of aromatic nitrogens is 1. The molecule has 90 valence electrons. The highest BCUT2D eigenvalue weighted by Gasteiger charge is 2.06. The fraction of sp³-hybridized carbons (Fsp3) is 0.308. The van der Waals surface area contributed by atoms with E-state index in [0.717, 1.165) is 28.3 Å². The molecule has 0 radical (unpaired) electrons. The predicted molar refractivity (Wildman–Crippen MR) is 72.9 cm³/mol.